The second kappa shape index (κ2) is 6.01. The standard InChI is InChI=1S/C9H20BrN/c1-8(2)7-9(5-6-10)11(3)4/h8-9H,5-7H2,1-4H3. The number of nitrogens with zero attached hydrogens (tertiary/aromatic N) is 1. The van der Waals surface area contributed by atoms with Gasteiger partial charge in [-0.05, 0) is 32.9 Å². The van der Waals surface area contributed by atoms with E-state index in [-0.39, 0.29) is 0 Å². The normalized spacial score (nSPS) is 14.5. The summed E-state index contributed by atoms with van der Waals surface area (Å²) in [5.74, 6) is 0.807. The second-order valence-electron chi connectivity index (χ2n) is 3.72. The van der Waals surface area contributed by atoms with Crippen molar-refractivity contribution in [2.75, 3.05) is 19.4 Å². The number of halogens is 1. The minimum atomic E-state index is 0.745. The van der Waals surface area contributed by atoms with E-state index in [9.17, 15) is 0 Å². The van der Waals surface area contributed by atoms with Crippen molar-refractivity contribution in [3.05, 3.63) is 0 Å². The van der Waals surface area contributed by atoms with Crippen molar-refractivity contribution >= 4 is 15.9 Å². The van der Waals surface area contributed by atoms with Gasteiger partial charge < -0.3 is 4.90 Å². The molecule has 1 unspecified atom stereocenters. The Morgan fingerprint density at radius 3 is 2.09 bits per heavy atom. The summed E-state index contributed by atoms with van der Waals surface area (Å²) >= 11 is 3.48. The molecule has 2 heteroatoms. The molecule has 0 rings (SSSR count). The molecule has 0 saturated carbocycles. The third kappa shape index (κ3) is 5.68. The summed E-state index contributed by atoms with van der Waals surface area (Å²) in [6.07, 6.45) is 2.56. The zero-order valence-electron chi connectivity index (χ0n) is 8.10. The van der Waals surface area contributed by atoms with Crippen LogP contribution in [0.25, 0.3) is 0 Å². The fourth-order valence-corrected chi connectivity index (χ4v) is 1.79. The Kier molecular flexibility index (Phi) is 6.25. The van der Waals surface area contributed by atoms with Crippen LogP contribution in [-0.2, 0) is 0 Å². The highest BCUT2D eigenvalue weighted by Gasteiger charge is 2.11. The quantitative estimate of drug-likeness (QED) is 0.646. The molecule has 0 aliphatic rings. The second-order valence-corrected chi connectivity index (χ2v) is 4.52. The van der Waals surface area contributed by atoms with Gasteiger partial charge in [-0.1, -0.05) is 29.8 Å². The first kappa shape index (κ1) is 11.4. The maximum Gasteiger partial charge on any atom is 0.00995 e. The van der Waals surface area contributed by atoms with Gasteiger partial charge in [0, 0.05) is 11.4 Å². The summed E-state index contributed by atoms with van der Waals surface area (Å²) in [7, 11) is 4.32. The molecule has 0 amide bonds. The van der Waals surface area contributed by atoms with E-state index >= 15 is 0 Å². The van der Waals surface area contributed by atoms with Gasteiger partial charge in [0.15, 0.2) is 0 Å². The van der Waals surface area contributed by atoms with Crippen LogP contribution >= 0.6 is 15.9 Å². The van der Waals surface area contributed by atoms with Gasteiger partial charge in [0.05, 0.1) is 0 Å². The Labute approximate surface area is 79.3 Å². The first-order chi connectivity index (χ1) is 5.07. The number of alkyl halides is 1. The Hall–Kier alpha value is 0.440. The zero-order valence-corrected chi connectivity index (χ0v) is 9.69. The van der Waals surface area contributed by atoms with E-state index < -0.39 is 0 Å². The van der Waals surface area contributed by atoms with Gasteiger partial charge in [0.2, 0.25) is 0 Å². The van der Waals surface area contributed by atoms with Crippen molar-refractivity contribution in [1.29, 1.82) is 0 Å². The van der Waals surface area contributed by atoms with Crippen molar-refractivity contribution in [2.24, 2.45) is 5.92 Å². The lowest BCUT2D eigenvalue weighted by Gasteiger charge is -2.25. The molecule has 0 aromatic heterocycles. The lowest BCUT2D eigenvalue weighted by atomic mass is 10.0. The molecule has 0 N–H and O–H groups in total. The molecule has 0 heterocycles. The van der Waals surface area contributed by atoms with Gasteiger partial charge >= 0.3 is 0 Å². The molecule has 0 bridgehead atoms. The van der Waals surface area contributed by atoms with Crippen LogP contribution in [0.1, 0.15) is 26.7 Å². The smallest absolute Gasteiger partial charge is 0.00995 e. The van der Waals surface area contributed by atoms with Gasteiger partial charge in [0.1, 0.15) is 0 Å². The molecule has 11 heavy (non-hydrogen) atoms. The molecule has 0 aliphatic heterocycles. The average molecular weight is 222 g/mol. The van der Waals surface area contributed by atoms with Crippen molar-refractivity contribution in [3.8, 4) is 0 Å². The van der Waals surface area contributed by atoms with E-state index in [4.69, 9.17) is 0 Å². The van der Waals surface area contributed by atoms with E-state index in [0.29, 0.717) is 0 Å². The van der Waals surface area contributed by atoms with Crippen LogP contribution in [0.3, 0.4) is 0 Å². The summed E-state index contributed by atoms with van der Waals surface area (Å²) < 4.78 is 0. The molecule has 0 saturated heterocycles. The summed E-state index contributed by atoms with van der Waals surface area (Å²) in [5, 5.41) is 1.11. The van der Waals surface area contributed by atoms with Gasteiger partial charge in [-0.2, -0.15) is 0 Å². The van der Waals surface area contributed by atoms with Crippen molar-refractivity contribution in [3.63, 3.8) is 0 Å². The molecular formula is C9H20BrN. The Balaban J connectivity index is 3.69. The predicted octanol–water partition coefficient (Wildman–Crippen LogP) is 2.75. The lowest BCUT2D eigenvalue weighted by molar-refractivity contribution is 0.250. The van der Waals surface area contributed by atoms with Gasteiger partial charge in [-0.15, -0.1) is 0 Å². The molecule has 1 nitrogen and oxygen atoms in total. The van der Waals surface area contributed by atoms with Crippen molar-refractivity contribution in [2.45, 2.75) is 32.7 Å². The third-order valence-corrected chi connectivity index (χ3v) is 2.37. The molecule has 0 radical (unpaired) electrons. The van der Waals surface area contributed by atoms with Crippen LogP contribution < -0.4 is 0 Å². The molecule has 0 aromatic rings. The summed E-state index contributed by atoms with van der Waals surface area (Å²) in [5.41, 5.74) is 0. The highest BCUT2D eigenvalue weighted by molar-refractivity contribution is 9.09. The monoisotopic (exact) mass is 221 g/mol. The first-order valence-electron chi connectivity index (χ1n) is 4.30. The van der Waals surface area contributed by atoms with E-state index in [1.807, 2.05) is 0 Å². The maximum absolute atomic E-state index is 3.48. The van der Waals surface area contributed by atoms with E-state index in [1.165, 1.54) is 12.8 Å². The minimum Gasteiger partial charge on any atom is -0.306 e. The molecule has 0 aliphatic carbocycles. The van der Waals surface area contributed by atoms with E-state index in [1.54, 1.807) is 0 Å². The molecular weight excluding hydrogens is 202 g/mol. The molecule has 1 atom stereocenters. The fraction of sp³-hybridized carbons (Fsp3) is 1.00. The number of hydrogen-bond acceptors (Lipinski definition) is 1. The third-order valence-electron chi connectivity index (χ3n) is 1.92. The first-order valence-corrected chi connectivity index (χ1v) is 5.42. The molecule has 0 spiro atoms. The molecule has 0 fully saturated rings. The van der Waals surface area contributed by atoms with Crippen LogP contribution in [0.5, 0.6) is 0 Å². The highest BCUT2D eigenvalue weighted by atomic mass is 79.9. The van der Waals surface area contributed by atoms with Gasteiger partial charge in [0.25, 0.3) is 0 Å². The van der Waals surface area contributed by atoms with Crippen LogP contribution in [0.2, 0.25) is 0 Å². The van der Waals surface area contributed by atoms with Gasteiger partial charge in [-0.25, -0.2) is 0 Å². The largest absolute Gasteiger partial charge is 0.306 e. The van der Waals surface area contributed by atoms with Crippen molar-refractivity contribution < 1.29 is 0 Å². The Bertz CT molecular complexity index is 91.6. The van der Waals surface area contributed by atoms with E-state index in [2.05, 4.69) is 48.8 Å². The zero-order chi connectivity index (χ0) is 8.85. The lowest BCUT2D eigenvalue weighted by Crippen LogP contribution is -2.29. The topological polar surface area (TPSA) is 3.24 Å². The predicted molar refractivity (Wildman–Crippen MR) is 55.3 cm³/mol. The van der Waals surface area contributed by atoms with Crippen LogP contribution in [0.15, 0.2) is 0 Å². The van der Waals surface area contributed by atoms with Crippen LogP contribution in [-0.4, -0.2) is 30.4 Å². The highest BCUT2D eigenvalue weighted by Crippen LogP contribution is 2.12. The fourth-order valence-electron chi connectivity index (χ4n) is 1.26. The summed E-state index contributed by atoms with van der Waals surface area (Å²) in [4.78, 5) is 2.32. The maximum atomic E-state index is 3.48. The van der Waals surface area contributed by atoms with Gasteiger partial charge in [-0.3, -0.25) is 0 Å². The molecule has 0 aromatic carbocycles. The summed E-state index contributed by atoms with van der Waals surface area (Å²) in [6, 6.07) is 0.745. The SMILES string of the molecule is CC(C)CC(CCBr)N(C)C. The van der Waals surface area contributed by atoms with E-state index in [0.717, 1.165) is 17.3 Å². The van der Waals surface area contributed by atoms with Crippen LogP contribution in [0.4, 0.5) is 0 Å². The van der Waals surface area contributed by atoms with Crippen molar-refractivity contribution in [1.82, 2.24) is 4.90 Å². The number of rotatable bonds is 5. The molecule has 68 valence electrons. The Morgan fingerprint density at radius 1 is 1.27 bits per heavy atom. The van der Waals surface area contributed by atoms with Crippen LogP contribution in [0, 0.1) is 5.92 Å². The summed E-state index contributed by atoms with van der Waals surface area (Å²) in [6.45, 7) is 4.56. The number of hydrogen-bond donors (Lipinski definition) is 0. The average Bonchev–Trinajstić information content (AvgIpc) is 1.86. The minimum absolute atomic E-state index is 0.745. The Morgan fingerprint density at radius 2 is 1.82 bits per heavy atom.